The summed E-state index contributed by atoms with van der Waals surface area (Å²) in [5.74, 6) is -2.62. The molecular weight excluding hydrogens is 572 g/mol. The standard InChI is InChI=1S/C19H21N5O3.2C2HF3O2/c1-25-19-6-17(22-12-23-19)24-9-15-14(11-27-16(15)10-24)4-5-26-18-3-2-13(7-20)8-21-18;2*3-2(4,5)1(6)7/h2-3,6,8,12,14-16H,4-5,9-11H2,1H3;2*(H,6,7)/t14-,15-,16-;;/m0../s1. The van der Waals surface area contributed by atoms with Gasteiger partial charge in [0.25, 0.3) is 0 Å². The summed E-state index contributed by atoms with van der Waals surface area (Å²) in [4.78, 5) is 32.6. The SMILES string of the molecule is COc1cc(N2C[C@H]3[C@@H](CCOc4ccc(C#N)cn4)CO[C@H]3C2)ncn1.O=C(O)C(F)(F)F.O=C(O)C(F)(F)F. The number of ether oxygens (including phenoxy) is 3. The first kappa shape index (κ1) is 32.8. The van der Waals surface area contributed by atoms with Crippen molar-refractivity contribution in [2.24, 2.45) is 11.8 Å². The van der Waals surface area contributed by atoms with Crippen LogP contribution in [-0.2, 0) is 14.3 Å². The van der Waals surface area contributed by atoms with E-state index >= 15 is 0 Å². The van der Waals surface area contributed by atoms with Gasteiger partial charge in [0, 0.05) is 37.3 Å². The lowest BCUT2D eigenvalue weighted by Crippen LogP contribution is -2.25. The number of anilines is 1. The Labute approximate surface area is 228 Å². The molecule has 0 radical (unpaired) electrons. The molecule has 41 heavy (non-hydrogen) atoms. The number of hydrogen-bond acceptors (Lipinski definition) is 10. The number of rotatable bonds is 6. The van der Waals surface area contributed by atoms with E-state index in [-0.39, 0.29) is 6.10 Å². The second-order valence-electron chi connectivity index (χ2n) is 8.36. The molecule has 2 aromatic rings. The number of carboxylic acids is 2. The van der Waals surface area contributed by atoms with Gasteiger partial charge in [-0.3, -0.25) is 0 Å². The molecule has 4 heterocycles. The van der Waals surface area contributed by atoms with E-state index < -0.39 is 24.3 Å². The predicted molar refractivity (Wildman–Crippen MR) is 124 cm³/mol. The number of nitriles is 1. The summed E-state index contributed by atoms with van der Waals surface area (Å²) in [6, 6.07) is 7.34. The predicted octanol–water partition coefficient (Wildman–Crippen LogP) is 2.94. The van der Waals surface area contributed by atoms with Gasteiger partial charge in [-0.1, -0.05) is 0 Å². The second kappa shape index (κ2) is 14.3. The van der Waals surface area contributed by atoms with Crippen LogP contribution in [0.4, 0.5) is 32.2 Å². The van der Waals surface area contributed by atoms with Crippen molar-refractivity contribution in [3.8, 4) is 17.8 Å². The van der Waals surface area contributed by atoms with E-state index in [0.29, 0.717) is 35.8 Å². The first-order valence-electron chi connectivity index (χ1n) is 11.5. The molecule has 0 amide bonds. The smallest absolute Gasteiger partial charge is 0.481 e. The molecule has 2 aliphatic rings. The molecule has 0 aliphatic carbocycles. The molecule has 2 fully saturated rings. The van der Waals surface area contributed by atoms with Crippen molar-refractivity contribution >= 4 is 17.8 Å². The molecule has 0 bridgehead atoms. The van der Waals surface area contributed by atoms with Gasteiger partial charge < -0.3 is 29.3 Å². The molecule has 18 heteroatoms. The van der Waals surface area contributed by atoms with Crippen molar-refractivity contribution in [2.75, 3.05) is 38.3 Å². The van der Waals surface area contributed by atoms with Crippen LogP contribution in [0.2, 0.25) is 0 Å². The monoisotopic (exact) mass is 595 g/mol. The van der Waals surface area contributed by atoms with E-state index in [1.165, 1.54) is 12.5 Å². The number of nitrogens with zero attached hydrogens (tertiary/aromatic N) is 5. The maximum Gasteiger partial charge on any atom is 0.490 e. The summed E-state index contributed by atoms with van der Waals surface area (Å²) >= 11 is 0. The van der Waals surface area contributed by atoms with Gasteiger partial charge in [-0.05, 0) is 18.4 Å². The van der Waals surface area contributed by atoms with Gasteiger partial charge in [0.15, 0.2) is 0 Å². The van der Waals surface area contributed by atoms with E-state index in [4.69, 9.17) is 39.3 Å². The number of aliphatic carboxylic acids is 2. The topological polar surface area (TPSA) is 168 Å². The highest BCUT2D eigenvalue weighted by Crippen LogP contribution is 2.37. The van der Waals surface area contributed by atoms with Crippen molar-refractivity contribution in [2.45, 2.75) is 24.9 Å². The number of halogens is 6. The third-order valence-corrected chi connectivity index (χ3v) is 5.69. The van der Waals surface area contributed by atoms with Gasteiger partial charge in [0.2, 0.25) is 11.8 Å². The molecule has 0 saturated carbocycles. The number of methoxy groups -OCH3 is 1. The highest BCUT2D eigenvalue weighted by Gasteiger charge is 2.44. The highest BCUT2D eigenvalue weighted by atomic mass is 19.4. The summed E-state index contributed by atoms with van der Waals surface area (Å²) < 4.78 is 80.4. The Bertz CT molecular complexity index is 1180. The Morgan fingerprint density at radius 2 is 1.71 bits per heavy atom. The number of hydrogen-bond donors (Lipinski definition) is 2. The molecule has 2 aliphatic heterocycles. The zero-order chi connectivity index (χ0) is 30.8. The Morgan fingerprint density at radius 3 is 2.22 bits per heavy atom. The Kier molecular flexibility index (Phi) is 11.4. The minimum atomic E-state index is -5.08. The van der Waals surface area contributed by atoms with Crippen LogP contribution in [0.1, 0.15) is 12.0 Å². The number of carbonyl (C=O) groups is 2. The van der Waals surface area contributed by atoms with E-state index in [9.17, 15) is 26.3 Å². The molecule has 0 spiro atoms. The quantitative estimate of drug-likeness (QED) is 0.469. The molecule has 2 saturated heterocycles. The normalized spacial score (nSPS) is 19.5. The van der Waals surface area contributed by atoms with Crippen LogP contribution >= 0.6 is 0 Å². The van der Waals surface area contributed by atoms with Crippen molar-refractivity contribution in [3.05, 3.63) is 36.3 Å². The molecule has 2 N–H and O–H groups in total. The number of aromatic nitrogens is 3. The fourth-order valence-corrected chi connectivity index (χ4v) is 3.74. The van der Waals surface area contributed by atoms with Gasteiger partial charge in [0.1, 0.15) is 18.2 Å². The summed E-state index contributed by atoms with van der Waals surface area (Å²) in [5, 5.41) is 23.1. The van der Waals surface area contributed by atoms with Crippen molar-refractivity contribution in [1.29, 1.82) is 5.26 Å². The number of alkyl halides is 6. The lowest BCUT2D eigenvalue weighted by molar-refractivity contribution is -0.193. The third-order valence-electron chi connectivity index (χ3n) is 5.69. The molecule has 4 rings (SSSR count). The number of fused-ring (bicyclic) bond motifs is 1. The molecular formula is C23H23F6N5O7. The lowest BCUT2D eigenvalue weighted by Gasteiger charge is -2.20. The zero-order valence-electron chi connectivity index (χ0n) is 21.1. The van der Waals surface area contributed by atoms with Crippen LogP contribution in [0.25, 0.3) is 0 Å². The Balaban J connectivity index is 0.000000349. The summed E-state index contributed by atoms with van der Waals surface area (Å²) in [7, 11) is 1.60. The van der Waals surface area contributed by atoms with Gasteiger partial charge in [0.05, 0.1) is 32.0 Å². The van der Waals surface area contributed by atoms with Crippen molar-refractivity contribution in [3.63, 3.8) is 0 Å². The molecule has 2 aromatic heterocycles. The second-order valence-corrected chi connectivity index (χ2v) is 8.36. The van der Waals surface area contributed by atoms with Crippen LogP contribution in [-0.4, -0.2) is 89.0 Å². The van der Waals surface area contributed by atoms with Crippen molar-refractivity contribution in [1.82, 2.24) is 15.0 Å². The molecule has 0 aromatic carbocycles. The summed E-state index contributed by atoms with van der Waals surface area (Å²) in [6.45, 7) is 3.09. The van der Waals surface area contributed by atoms with Gasteiger partial charge in [-0.2, -0.15) is 31.6 Å². The van der Waals surface area contributed by atoms with E-state index in [2.05, 4.69) is 19.9 Å². The highest BCUT2D eigenvalue weighted by molar-refractivity contribution is 5.73. The molecule has 3 atom stereocenters. The van der Waals surface area contributed by atoms with Crippen LogP contribution in [0.3, 0.4) is 0 Å². The van der Waals surface area contributed by atoms with E-state index in [1.54, 1.807) is 19.2 Å². The van der Waals surface area contributed by atoms with E-state index in [0.717, 1.165) is 31.9 Å². The number of carboxylic acid groups (broad SMARTS) is 2. The van der Waals surface area contributed by atoms with Gasteiger partial charge in [-0.15, -0.1) is 0 Å². The van der Waals surface area contributed by atoms with Crippen molar-refractivity contribution < 1.29 is 60.4 Å². The van der Waals surface area contributed by atoms with Crippen LogP contribution in [0.15, 0.2) is 30.7 Å². The van der Waals surface area contributed by atoms with Gasteiger partial charge >= 0.3 is 24.3 Å². The molecule has 12 nitrogen and oxygen atoms in total. The molecule has 224 valence electrons. The van der Waals surface area contributed by atoms with Gasteiger partial charge in [-0.25, -0.2) is 24.5 Å². The first-order valence-corrected chi connectivity index (χ1v) is 11.5. The maximum absolute atomic E-state index is 10.6. The Hall–Kier alpha value is -4.40. The van der Waals surface area contributed by atoms with E-state index in [1.807, 2.05) is 12.1 Å². The van der Waals surface area contributed by atoms with Crippen LogP contribution in [0, 0.1) is 23.2 Å². The van der Waals surface area contributed by atoms with Crippen LogP contribution < -0.4 is 14.4 Å². The zero-order valence-corrected chi connectivity index (χ0v) is 21.1. The average molecular weight is 595 g/mol. The fraction of sp³-hybridized carbons (Fsp3) is 0.478. The average Bonchev–Trinajstić information content (AvgIpc) is 3.50. The summed E-state index contributed by atoms with van der Waals surface area (Å²) in [5.41, 5.74) is 0.529. The third kappa shape index (κ3) is 10.3. The summed E-state index contributed by atoms with van der Waals surface area (Å²) in [6.07, 6.45) is -5.98. The fourth-order valence-electron chi connectivity index (χ4n) is 3.74. The lowest BCUT2D eigenvalue weighted by atomic mass is 9.91. The van der Waals surface area contributed by atoms with Crippen LogP contribution in [0.5, 0.6) is 11.8 Å². The molecule has 0 unspecified atom stereocenters. The minimum Gasteiger partial charge on any atom is -0.481 e. The number of pyridine rings is 1. The Morgan fingerprint density at radius 1 is 1.07 bits per heavy atom. The first-order chi connectivity index (χ1) is 19.1. The maximum atomic E-state index is 10.6. The largest absolute Gasteiger partial charge is 0.490 e. The minimum absolute atomic E-state index is 0.226.